The smallest absolute Gasteiger partial charge is 0.133 e. The van der Waals surface area contributed by atoms with Gasteiger partial charge in [0.25, 0.3) is 0 Å². The Bertz CT molecular complexity index is 882. The molecule has 0 aromatic carbocycles. The molecule has 4 rings (SSSR count). The monoisotopic (exact) mass is 396 g/mol. The maximum Gasteiger partial charge on any atom is 0.133 e. The van der Waals surface area contributed by atoms with Crippen LogP contribution < -0.4 is 0 Å². The quantitative estimate of drug-likeness (QED) is 0.583. The highest BCUT2D eigenvalue weighted by molar-refractivity contribution is 5.78. The van der Waals surface area contributed by atoms with Crippen LogP contribution in [-0.4, -0.2) is 20.5 Å². The van der Waals surface area contributed by atoms with Gasteiger partial charge < -0.3 is 5.11 Å². The number of ketones is 1. The molecule has 4 nitrogen and oxygen atoms in total. The normalized spacial score (nSPS) is 19.2. The Morgan fingerprint density at radius 2 is 2.00 bits per heavy atom. The summed E-state index contributed by atoms with van der Waals surface area (Å²) in [6, 6.07) is 4.23. The zero-order valence-electron chi connectivity index (χ0n) is 18.3. The van der Waals surface area contributed by atoms with Crippen LogP contribution in [0.15, 0.2) is 18.3 Å². The Labute approximate surface area is 174 Å². The average molecular weight is 397 g/mol. The van der Waals surface area contributed by atoms with Gasteiger partial charge in [0.1, 0.15) is 5.78 Å². The molecule has 4 heteroatoms. The topological polar surface area (TPSA) is 54.6 Å². The lowest BCUT2D eigenvalue weighted by molar-refractivity contribution is -0.120. The van der Waals surface area contributed by atoms with E-state index in [1.807, 2.05) is 16.8 Å². The van der Waals surface area contributed by atoms with Crippen molar-refractivity contribution in [2.75, 3.05) is 0 Å². The van der Waals surface area contributed by atoms with Crippen molar-refractivity contribution >= 4 is 11.3 Å². The Kier molecular flexibility index (Phi) is 5.58. The third-order valence-electron chi connectivity index (χ3n) is 6.83. The van der Waals surface area contributed by atoms with E-state index in [-0.39, 0.29) is 5.41 Å². The van der Waals surface area contributed by atoms with Crippen molar-refractivity contribution in [2.45, 2.75) is 103 Å². The van der Waals surface area contributed by atoms with Gasteiger partial charge >= 0.3 is 0 Å². The molecule has 0 saturated heterocycles. The zero-order chi connectivity index (χ0) is 20.6. The summed E-state index contributed by atoms with van der Waals surface area (Å²) in [6.45, 7) is 6.38. The maximum atomic E-state index is 12.2. The van der Waals surface area contributed by atoms with Gasteiger partial charge in [-0.3, -0.25) is 4.79 Å². The van der Waals surface area contributed by atoms with Gasteiger partial charge in [0, 0.05) is 24.6 Å². The number of carbonyl (C=O) groups excluding carboxylic acids is 1. The molecular weight excluding hydrogens is 360 g/mol. The van der Waals surface area contributed by atoms with E-state index in [9.17, 15) is 9.90 Å². The lowest BCUT2D eigenvalue weighted by Gasteiger charge is -2.37. The first kappa shape index (κ1) is 20.6. The highest BCUT2D eigenvalue weighted by Gasteiger charge is 2.37. The first-order chi connectivity index (χ1) is 13.8. The van der Waals surface area contributed by atoms with Crippen LogP contribution in [0.5, 0.6) is 0 Å². The fraction of sp³-hybridized carbons (Fsp3) is 0.680. The van der Waals surface area contributed by atoms with Crippen molar-refractivity contribution < 1.29 is 9.90 Å². The molecule has 2 aromatic heterocycles. The van der Waals surface area contributed by atoms with Gasteiger partial charge in [-0.25, -0.2) is 4.52 Å². The molecule has 2 aliphatic carbocycles. The summed E-state index contributed by atoms with van der Waals surface area (Å²) in [7, 11) is 0. The highest BCUT2D eigenvalue weighted by Crippen LogP contribution is 2.44. The third kappa shape index (κ3) is 4.42. The van der Waals surface area contributed by atoms with Crippen molar-refractivity contribution in [3.63, 3.8) is 0 Å². The van der Waals surface area contributed by atoms with E-state index < -0.39 is 5.60 Å². The minimum absolute atomic E-state index is 0.0816. The average Bonchev–Trinajstić information content (AvgIpc) is 2.91. The summed E-state index contributed by atoms with van der Waals surface area (Å²) in [5, 5.41) is 15.7. The Morgan fingerprint density at radius 1 is 1.24 bits per heavy atom. The van der Waals surface area contributed by atoms with Gasteiger partial charge in [-0.15, -0.1) is 0 Å². The second-order valence-electron chi connectivity index (χ2n) is 10.6. The van der Waals surface area contributed by atoms with Crippen molar-refractivity contribution in [1.29, 1.82) is 0 Å². The van der Waals surface area contributed by atoms with Crippen molar-refractivity contribution in [2.24, 2.45) is 5.41 Å². The summed E-state index contributed by atoms with van der Waals surface area (Å²) in [6.07, 6.45) is 12.9. The van der Waals surface area contributed by atoms with E-state index >= 15 is 0 Å². The first-order valence-electron chi connectivity index (χ1n) is 11.5. The number of fused-ring (bicyclic) bond motifs is 1. The standard InChI is InChI=1S/C25H36N2O2/c1-24(2,3)17-20(28)10-4-5-11-21-23(18-8-6-9-18)22-16-19(12-15-27(22)26-21)25(29)13-7-14-25/h12,15-16,18,29H,4-11,13-14,17H2,1-3H3. The Hall–Kier alpha value is -1.68. The number of aliphatic hydroxyl groups is 1. The number of rotatable bonds is 8. The number of unbranched alkanes of at least 4 members (excludes halogenated alkanes) is 1. The second-order valence-corrected chi connectivity index (χ2v) is 10.6. The molecule has 2 aromatic rings. The van der Waals surface area contributed by atoms with Gasteiger partial charge in [-0.2, -0.15) is 5.10 Å². The predicted octanol–water partition coefficient (Wildman–Crippen LogP) is 5.69. The number of hydrogen-bond acceptors (Lipinski definition) is 3. The summed E-state index contributed by atoms with van der Waals surface area (Å²) in [4.78, 5) is 12.2. The lowest BCUT2D eigenvalue weighted by atomic mass is 9.74. The fourth-order valence-electron chi connectivity index (χ4n) is 4.82. The molecule has 2 heterocycles. The minimum Gasteiger partial charge on any atom is -0.385 e. The Morgan fingerprint density at radius 3 is 2.59 bits per heavy atom. The summed E-state index contributed by atoms with van der Waals surface area (Å²) in [5.74, 6) is 0.987. The number of Topliss-reactive ketones (excluding diaryl/α,β-unsaturated/α-hetero) is 1. The highest BCUT2D eigenvalue weighted by atomic mass is 16.3. The lowest BCUT2D eigenvalue weighted by Crippen LogP contribution is -2.33. The molecule has 2 saturated carbocycles. The number of carbonyl (C=O) groups is 1. The third-order valence-corrected chi connectivity index (χ3v) is 6.83. The molecule has 0 spiro atoms. The van der Waals surface area contributed by atoms with Crippen LogP contribution >= 0.6 is 0 Å². The first-order valence-corrected chi connectivity index (χ1v) is 11.5. The van der Waals surface area contributed by atoms with E-state index in [0.29, 0.717) is 24.5 Å². The van der Waals surface area contributed by atoms with Crippen LogP contribution in [-0.2, 0) is 16.8 Å². The van der Waals surface area contributed by atoms with Gasteiger partial charge in [-0.1, -0.05) is 27.2 Å². The molecular formula is C25H36N2O2. The molecule has 0 atom stereocenters. The van der Waals surface area contributed by atoms with Crippen LogP contribution in [0, 0.1) is 5.41 Å². The minimum atomic E-state index is -0.628. The molecule has 0 bridgehead atoms. The van der Waals surface area contributed by atoms with Gasteiger partial charge in [0.15, 0.2) is 0 Å². The number of nitrogens with zero attached hydrogens (tertiary/aromatic N) is 2. The van der Waals surface area contributed by atoms with Crippen molar-refractivity contribution in [3.05, 3.63) is 35.2 Å². The molecule has 29 heavy (non-hydrogen) atoms. The van der Waals surface area contributed by atoms with Crippen molar-refractivity contribution in [1.82, 2.24) is 9.61 Å². The van der Waals surface area contributed by atoms with Crippen LogP contribution in [0.25, 0.3) is 5.52 Å². The Balaban J connectivity index is 1.48. The summed E-state index contributed by atoms with van der Waals surface area (Å²) >= 11 is 0. The number of aromatic nitrogens is 2. The predicted molar refractivity (Wildman–Crippen MR) is 116 cm³/mol. The summed E-state index contributed by atoms with van der Waals surface area (Å²) in [5.41, 5.74) is 4.30. The number of hydrogen-bond donors (Lipinski definition) is 1. The number of pyridine rings is 1. The van der Waals surface area contributed by atoms with E-state index in [1.54, 1.807) is 0 Å². The molecule has 0 amide bonds. The van der Waals surface area contributed by atoms with Gasteiger partial charge in [-0.05, 0) is 80.4 Å². The molecule has 0 radical (unpaired) electrons. The van der Waals surface area contributed by atoms with Crippen LogP contribution in [0.1, 0.15) is 108 Å². The molecule has 0 aliphatic heterocycles. The largest absolute Gasteiger partial charge is 0.385 e. The number of aryl methyl sites for hydroxylation is 1. The molecule has 2 fully saturated rings. The SMILES string of the molecule is CC(C)(C)CC(=O)CCCCc1nn2ccc(C3(O)CCC3)cc2c1C1CCC1. The summed E-state index contributed by atoms with van der Waals surface area (Å²) < 4.78 is 2.01. The van der Waals surface area contributed by atoms with E-state index in [1.165, 1.54) is 36.0 Å². The molecule has 158 valence electrons. The molecule has 2 aliphatic rings. The van der Waals surface area contributed by atoms with Crippen LogP contribution in [0.2, 0.25) is 0 Å². The van der Waals surface area contributed by atoms with E-state index in [0.717, 1.165) is 44.1 Å². The second kappa shape index (κ2) is 7.86. The fourth-order valence-corrected chi connectivity index (χ4v) is 4.82. The van der Waals surface area contributed by atoms with E-state index in [2.05, 4.69) is 26.8 Å². The van der Waals surface area contributed by atoms with Crippen LogP contribution in [0.3, 0.4) is 0 Å². The molecule has 1 N–H and O–H groups in total. The van der Waals surface area contributed by atoms with Gasteiger partial charge in [0.2, 0.25) is 0 Å². The van der Waals surface area contributed by atoms with Gasteiger partial charge in [0.05, 0.1) is 16.8 Å². The van der Waals surface area contributed by atoms with Crippen molar-refractivity contribution in [3.8, 4) is 0 Å². The maximum absolute atomic E-state index is 12.2. The van der Waals surface area contributed by atoms with E-state index in [4.69, 9.17) is 5.10 Å². The molecule has 0 unspecified atom stereocenters. The van der Waals surface area contributed by atoms with Crippen LogP contribution in [0.4, 0.5) is 0 Å². The zero-order valence-corrected chi connectivity index (χ0v) is 18.3.